The second-order valence-corrected chi connectivity index (χ2v) is 6.61. The molecule has 0 aliphatic heterocycles. The van der Waals surface area contributed by atoms with Gasteiger partial charge in [-0.2, -0.15) is 0 Å². The van der Waals surface area contributed by atoms with Gasteiger partial charge in [0.25, 0.3) is 0 Å². The van der Waals surface area contributed by atoms with E-state index in [1.807, 2.05) is 44.2 Å². The maximum Gasteiger partial charge on any atom is 0.417 e. The molecule has 0 saturated heterocycles. The van der Waals surface area contributed by atoms with Crippen LogP contribution in [0.1, 0.15) is 11.1 Å². The number of aryl methyl sites for hydroxylation is 2. The largest absolute Gasteiger partial charge is 0.417 e. The number of ether oxygens (including phenoxy) is 2. The molecule has 2 aromatic carbocycles. The van der Waals surface area contributed by atoms with Gasteiger partial charge in [0.1, 0.15) is 0 Å². The van der Waals surface area contributed by atoms with E-state index in [0.29, 0.717) is 11.4 Å². The summed E-state index contributed by atoms with van der Waals surface area (Å²) in [6.07, 6.45) is -1.33. The van der Waals surface area contributed by atoms with Crippen molar-refractivity contribution in [3.8, 4) is 11.5 Å². The molecular weight excluding hydrogens is 364 g/mol. The van der Waals surface area contributed by atoms with E-state index in [9.17, 15) is 9.59 Å². The highest BCUT2D eigenvalue weighted by atomic mass is 32.1. The van der Waals surface area contributed by atoms with Crippen molar-refractivity contribution in [1.29, 1.82) is 0 Å². The van der Waals surface area contributed by atoms with Gasteiger partial charge in [0, 0.05) is 22.1 Å². The third-order valence-electron chi connectivity index (χ3n) is 3.56. The van der Waals surface area contributed by atoms with Crippen molar-refractivity contribution in [2.24, 2.45) is 0 Å². The van der Waals surface area contributed by atoms with Gasteiger partial charge in [-0.05, 0) is 43.7 Å². The van der Waals surface area contributed by atoms with Crippen molar-refractivity contribution in [2.75, 3.05) is 10.6 Å². The zero-order valence-corrected chi connectivity index (χ0v) is 15.6. The molecule has 7 heteroatoms. The molecule has 3 rings (SSSR count). The molecule has 0 atom stereocenters. The van der Waals surface area contributed by atoms with Crippen LogP contribution in [-0.4, -0.2) is 12.2 Å². The first-order valence-corrected chi connectivity index (χ1v) is 9.11. The van der Waals surface area contributed by atoms with Gasteiger partial charge >= 0.3 is 12.2 Å². The fraction of sp³-hybridized carbons (Fsp3) is 0.100. The van der Waals surface area contributed by atoms with Gasteiger partial charge in [-0.25, -0.2) is 9.59 Å². The van der Waals surface area contributed by atoms with Crippen molar-refractivity contribution in [3.63, 3.8) is 0 Å². The fourth-order valence-electron chi connectivity index (χ4n) is 2.27. The van der Waals surface area contributed by atoms with Crippen LogP contribution in [0.4, 0.5) is 21.0 Å². The Labute approximate surface area is 160 Å². The molecule has 0 aliphatic carbocycles. The minimum Gasteiger partial charge on any atom is -0.405 e. The molecule has 138 valence electrons. The quantitative estimate of drug-likeness (QED) is 0.617. The van der Waals surface area contributed by atoms with Crippen LogP contribution in [0.2, 0.25) is 0 Å². The summed E-state index contributed by atoms with van der Waals surface area (Å²) >= 11 is 1.26. The smallest absolute Gasteiger partial charge is 0.405 e. The van der Waals surface area contributed by atoms with E-state index in [1.165, 1.54) is 11.3 Å². The van der Waals surface area contributed by atoms with Crippen LogP contribution in [0, 0.1) is 13.8 Å². The zero-order valence-electron chi connectivity index (χ0n) is 14.8. The van der Waals surface area contributed by atoms with Crippen molar-refractivity contribution < 1.29 is 19.1 Å². The highest BCUT2D eigenvalue weighted by Crippen LogP contribution is 2.32. The molecule has 0 fully saturated rings. The second kappa shape index (κ2) is 8.37. The SMILES string of the molecule is Cc1ccc(NC(=O)Oc2cscc2OC(=O)Nc2cccc(C)c2)cc1. The van der Waals surface area contributed by atoms with E-state index in [0.717, 1.165) is 11.1 Å². The first-order valence-electron chi connectivity index (χ1n) is 8.17. The first-order chi connectivity index (χ1) is 13.0. The molecule has 0 saturated carbocycles. The van der Waals surface area contributed by atoms with E-state index in [1.54, 1.807) is 29.0 Å². The third kappa shape index (κ3) is 5.32. The lowest BCUT2D eigenvalue weighted by molar-refractivity contribution is 0.205. The number of carbonyl (C=O) groups is 2. The van der Waals surface area contributed by atoms with Crippen molar-refractivity contribution >= 4 is 34.9 Å². The summed E-state index contributed by atoms with van der Waals surface area (Å²) in [6, 6.07) is 14.6. The predicted octanol–water partition coefficient (Wildman–Crippen LogP) is 5.59. The molecule has 1 aromatic heterocycles. The van der Waals surface area contributed by atoms with Crippen molar-refractivity contribution in [3.05, 3.63) is 70.4 Å². The Morgan fingerprint density at radius 2 is 1.37 bits per heavy atom. The van der Waals surface area contributed by atoms with Gasteiger partial charge in [0.05, 0.1) is 0 Å². The van der Waals surface area contributed by atoms with Crippen LogP contribution in [-0.2, 0) is 0 Å². The summed E-state index contributed by atoms with van der Waals surface area (Å²) in [7, 11) is 0. The van der Waals surface area contributed by atoms with Crippen LogP contribution in [0.5, 0.6) is 11.5 Å². The highest BCUT2D eigenvalue weighted by molar-refractivity contribution is 7.08. The van der Waals surface area contributed by atoms with Crippen LogP contribution < -0.4 is 20.1 Å². The fourth-order valence-corrected chi connectivity index (χ4v) is 2.91. The van der Waals surface area contributed by atoms with Gasteiger partial charge in [-0.3, -0.25) is 10.6 Å². The Morgan fingerprint density at radius 3 is 1.96 bits per heavy atom. The van der Waals surface area contributed by atoms with Gasteiger partial charge in [0.2, 0.25) is 0 Å². The van der Waals surface area contributed by atoms with Gasteiger partial charge in [-0.15, -0.1) is 11.3 Å². The molecule has 0 aliphatic rings. The molecular formula is C20H18N2O4S. The molecule has 6 nitrogen and oxygen atoms in total. The summed E-state index contributed by atoms with van der Waals surface area (Å²) in [5.74, 6) is 0.341. The normalized spacial score (nSPS) is 10.1. The monoisotopic (exact) mass is 382 g/mol. The lowest BCUT2D eigenvalue weighted by Gasteiger charge is -2.09. The standard InChI is InChI=1S/C20H18N2O4S/c1-13-6-8-15(9-7-13)21-19(23)25-17-11-27-12-18(17)26-20(24)22-16-5-3-4-14(2)10-16/h3-12H,1-2H3,(H,21,23)(H,22,24). The lowest BCUT2D eigenvalue weighted by atomic mass is 10.2. The molecule has 1 heterocycles. The maximum absolute atomic E-state index is 12.1. The second-order valence-electron chi connectivity index (χ2n) is 5.86. The minimum absolute atomic E-state index is 0.170. The number of benzene rings is 2. The number of carbonyl (C=O) groups excluding carboxylic acids is 2. The Balaban J connectivity index is 1.59. The maximum atomic E-state index is 12.1. The Bertz CT molecular complexity index is 951. The highest BCUT2D eigenvalue weighted by Gasteiger charge is 2.15. The van der Waals surface area contributed by atoms with Crippen LogP contribution in [0.25, 0.3) is 0 Å². The predicted molar refractivity (Wildman–Crippen MR) is 106 cm³/mol. The summed E-state index contributed by atoms with van der Waals surface area (Å²) in [4.78, 5) is 24.1. The zero-order chi connectivity index (χ0) is 19.2. The Hall–Kier alpha value is -3.32. The number of hydrogen-bond acceptors (Lipinski definition) is 5. The van der Waals surface area contributed by atoms with Crippen molar-refractivity contribution in [2.45, 2.75) is 13.8 Å². The number of amides is 2. The average molecular weight is 382 g/mol. The van der Waals surface area contributed by atoms with E-state index in [4.69, 9.17) is 9.47 Å². The molecule has 0 bridgehead atoms. The summed E-state index contributed by atoms with van der Waals surface area (Å²) in [5, 5.41) is 8.43. The number of hydrogen-bond donors (Lipinski definition) is 2. The van der Waals surface area contributed by atoms with E-state index < -0.39 is 12.2 Å². The molecule has 2 amide bonds. The minimum atomic E-state index is -0.666. The lowest BCUT2D eigenvalue weighted by Crippen LogP contribution is -2.19. The summed E-state index contributed by atoms with van der Waals surface area (Å²) in [6.45, 7) is 3.88. The number of thiophene rings is 1. The first kappa shape index (κ1) is 18.5. The average Bonchev–Trinajstić information content (AvgIpc) is 3.03. The van der Waals surface area contributed by atoms with Gasteiger partial charge < -0.3 is 9.47 Å². The Kier molecular flexibility index (Phi) is 5.73. The van der Waals surface area contributed by atoms with Crippen LogP contribution >= 0.6 is 11.3 Å². The molecule has 0 spiro atoms. The molecule has 27 heavy (non-hydrogen) atoms. The summed E-state index contributed by atoms with van der Waals surface area (Å²) in [5.41, 5.74) is 3.33. The Morgan fingerprint density at radius 1 is 0.778 bits per heavy atom. The summed E-state index contributed by atoms with van der Waals surface area (Å²) < 4.78 is 10.5. The molecule has 0 radical (unpaired) electrons. The molecule has 3 aromatic rings. The number of nitrogens with one attached hydrogen (secondary N) is 2. The van der Waals surface area contributed by atoms with Gasteiger partial charge in [-0.1, -0.05) is 29.8 Å². The van der Waals surface area contributed by atoms with E-state index in [-0.39, 0.29) is 11.5 Å². The topological polar surface area (TPSA) is 76.7 Å². The van der Waals surface area contributed by atoms with Crippen LogP contribution in [0.15, 0.2) is 59.3 Å². The third-order valence-corrected chi connectivity index (χ3v) is 4.26. The van der Waals surface area contributed by atoms with E-state index >= 15 is 0 Å². The molecule has 0 unspecified atom stereocenters. The van der Waals surface area contributed by atoms with E-state index in [2.05, 4.69) is 10.6 Å². The molecule has 2 N–H and O–H groups in total. The number of anilines is 2. The van der Waals surface area contributed by atoms with Gasteiger partial charge in [0.15, 0.2) is 11.5 Å². The van der Waals surface area contributed by atoms with Crippen molar-refractivity contribution in [1.82, 2.24) is 0 Å². The van der Waals surface area contributed by atoms with Crippen LogP contribution in [0.3, 0.4) is 0 Å². The number of rotatable bonds is 4.